The molecule has 1 aromatic rings. The maximum Gasteiger partial charge on any atom is 0.109 e. The normalized spacial score (nSPS) is 11.5. The lowest BCUT2D eigenvalue weighted by Crippen LogP contribution is -2.05. The second-order valence-electron chi connectivity index (χ2n) is 4.22. The first-order chi connectivity index (χ1) is 5.08. The van der Waals surface area contributed by atoms with Gasteiger partial charge in [0.2, 0.25) is 0 Å². The van der Waals surface area contributed by atoms with Crippen molar-refractivity contribution >= 4 is 7.85 Å². The van der Waals surface area contributed by atoms with E-state index in [0.29, 0.717) is 5.31 Å². The zero-order chi connectivity index (χ0) is 8.32. The van der Waals surface area contributed by atoms with Crippen LogP contribution in [0.1, 0.15) is 19.4 Å². The van der Waals surface area contributed by atoms with Crippen LogP contribution >= 0.6 is 0 Å². The van der Waals surface area contributed by atoms with Gasteiger partial charge in [0.15, 0.2) is 0 Å². The molecule has 0 saturated heterocycles. The fourth-order valence-electron chi connectivity index (χ4n) is 1.21. The minimum Gasteiger partial charge on any atom is -0.0669 e. The summed E-state index contributed by atoms with van der Waals surface area (Å²) >= 11 is 0. The first kappa shape index (κ1) is 8.38. The van der Waals surface area contributed by atoms with E-state index in [2.05, 4.69) is 52.0 Å². The number of rotatable bonds is 2. The summed E-state index contributed by atoms with van der Waals surface area (Å²) in [4.78, 5) is 0. The summed E-state index contributed by atoms with van der Waals surface area (Å²) in [5, 5.41) is 0.404. The van der Waals surface area contributed by atoms with E-state index < -0.39 is 0 Å². The van der Waals surface area contributed by atoms with Gasteiger partial charge in [0.1, 0.15) is 7.85 Å². The minimum absolute atomic E-state index is 0.404. The maximum absolute atomic E-state index is 2.26. The van der Waals surface area contributed by atoms with Crippen LogP contribution in [0.4, 0.5) is 0 Å². The molecule has 0 bridgehead atoms. The molecule has 0 atom stereocenters. The van der Waals surface area contributed by atoms with Gasteiger partial charge in [-0.15, -0.1) is 0 Å². The van der Waals surface area contributed by atoms with Crippen molar-refractivity contribution in [3.63, 3.8) is 0 Å². The van der Waals surface area contributed by atoms with Gasteiger partial charge < -0.3 is 0 Å². The molecular formula is C10H15B. The van der Waals surface area contributed by atoms with Gasteiger partial charge >= 0.3 is 0 Å². The van der Waals surface area contributed by atoms with Crippen molar-refractivity contribution in [2.45, 2.75) is 25.6 Å². The Morgan fingerprint density at radius 3 is 2.18 bits per heavy atom. The van der Waals surface area contributed by atoms with Crippen LogP contribution in [0.15, 0.2) is 30.3 Å². The van der Waals surface area contributed by atoms with E-state index in [1.807, 2.05) is 0 Å². The minimum atomic E-state index is 0.404. The third-order valence-electron chi connectivity index (χ3n) is 1.58. The summed E-state index contributed by atoms with van der Waals surface area (Å²) in [6.07, 6.45) is 1.16. The van der Waals surface area contributed by atoms with Crippen molar-refractivity contribution < 1.29 is 0 Å². The van der Waals surface area contributed by atoms with Crippen LogP contribution in [0.2, 0.25) is 5.31 Å². The Hall–Kier alpha value is -0.715. The van der Waals surface area contributed by atoms with E-state index in [1.54, 1.807) is 0 Å². The van der Waals surface area contributed by atoms with Gasteiger partial charge in [0, 0.05) is 0 Å². The van der Waals surface area contributed by atoms with Crippen LogP contribution < -0.4 is 0 Å². The summed E-state index contributed by atoms with van der Waals surface area (Å²) in [6.45, 7) is 4.53. The Kier molecular flexibility index (Phi) is 2.38. The molecule has 1 heteroatoms. The topological polar surface area (TPSA) is 0 Å². The molecular weight excluding hydrogens is 131 g/mol. The molecule has 0 saturated carbocycles. The molecule has 0 aromatic heterocycles. The predicted molar refractivity (Wildman–Crippen MR) is 52.7 cm³/mol. The van der Waals surface area contributed by atoms with Crippen molar-refractivity contribution in [2.75, 3.05) is 0 Å². The van der Waals surface area contributed by atoms with Gasteiger partial charge in [-0.25, -0.2) is 0 Å². The number of benzene rings is 1. The predicted octanol–water partition coefficient (Wildman–Crippen LogP) is 2.06. The SMILES string of the molecule is BC(C)(C)Cc1ccccc1. The molecule has 0 aliphatic rings. The molecule has 1 aromatic carbocycles. The Morgan fingerprint density at radius 1 is 1.18 bits per heavy atom. The van der Waals surface area contributed by atoms with Crippen molar-refractivity contribution in [1.82, 2.24) is 0 Å². The van der Waals surface area contributed by atoms with Gasteiger partial charge in [-0.05, 0) is 12.0 Å². The average molecular weight is 146 g/mol. The van der Waals surface area contributed by atoms with Crippen LogP contribution in [0, 0.1) is 0 Å². The summed E-state index contributed by atoms with van der Waals surface area (Å²) in [7, 11) is 2.26. The van der Waals surface area contributed by atoms with Crippen LogP contribution in [0.5, 0.6) is 0 Å². The highest BCUT2D eigenvalue weighted by Gasteiger charge is 2.10. The lowest BCUT2D eigenvalue weighted by Gasteiger charge is -2.17. The Labute approximate surface area is 70.0 Å². The molecule has 0 heterocycles. The largest absolute Gasteiger partial charge is 0.109 e. The third-order valence-corrected chi connectivity index (χ3v) is 1.58. The van der Waals surface area contributed by atoms with E-state index in [-0.39, 0.29) is 0 Å². The van der Waals surface area contributed by atoms with Crippen LogP contribution in [-0.4, -0.2) is 7.85 Å². The van der Waals surface area contributed by atoms with E-state index in [4.69, 9.17) is 0 Å². The Bertz CT molecular complexity index is 208. The first-order valence-electron chi connectivity index (χ1n) is 4.12. The lowest BCUT2D eigenvalue weighted by molar-refractivity contribution is 0.676. The zero-order valence-electron chi connectivity index (χ0n) is 7.59. The summed E-state index contributed by atoms with van der Waals surface area (Å²) in [6, 6.07) is 10.6. The highest BCUT2D eigenvalue weighted by molar-refractivity contribution is 6.14. The average Bonchev–Trinajstić information content (AvgIpc) is 1.85. The van der Waals surface area contributed by atoms with Gasteiger partial charge in [0.25, 0.3) is 0 Å². The van der Waals surface area contributed by atoms with Crippen molar-refractivity contribution in [3.05, 3.63) is 35.9 Å². The van der Waals surface area contributed by atoms with Crippen LogP contribution in [0.3, 0.4) is 0 Å². The fraction of sp³-hybridized carbons (Fsp3) is 0.400. The number of hydrogen-bond acceptors (Lipinski definition) is 0. The summed E-state index contributed by atoms with van der Waals surface area (Å²) < 4.78 is 0. The standard InChI is InChI=1S/C10H15B/c1-10(2,11)8-9-6-4-3-5-7-9/h3-7H,8,11H2,1-2H3. The second-order valence-corrected chi connectivity index (χ2v) is 4.22. The molecule has 58 valence electrons. The highest BCUT2D eigenvalue weighted by atomic mass is 14.1. The monoisotopic (exact) mass is 146 g/mol. The molecule has 0 aliphatic carbocycles. The van der Waals surface area contributed by atoms with E-state index >= 15 is 0 Å². The summed E-state index contributed by atoms with van der Waals surface area (Å²) in [5.41, 5.74) is 1.43. The van der Waals surface area contributed by atoms with Gasteiger partial charge in [0.05, 0.1) is 0 Å². The maximum atomic E-state index is 2.26. The first-order valence-corrected chi connectivity index (χ1v) is 4.12. The van der Waals surface area contributed by atoms with Crippen molar-refractivity contribution in [1.29, 1.82) is 0 Å². The zero-order valence-corrected chi connectivity index (χ0v) is 7.59. The smallest absolute Gasteiger partial charge is 0.0669 e. The van der Waals surface area contributed by atoms with Crippen molar-refractivity contribution in [2.24, 2.45) is 0 Å². The Morgan fingerprint density at radius 2 is 1.73 bits per heavy atom. The molecule has 0 N–H and O–H groups in total. The molecule has 0 radical (unpaired) electrons. The number of hydrogen-bond donors (Lipinski definition) is 0. The third kappa shape index (κ3) is 3.27. The molecule has 0 aliphatic heterocycles. The quantitative estimate of drug-likeness (QED) is 0.560. The molecule has 11 heavy (non-hydrogen) atoms. The molecule has 0 nitrogen and oxygen atoms in total. The van der Waals surface area contributed by atoms with Crippen LogP contribution in [0.25, 0.3) is 0 Å². The van der Waals surface area contributed by atoms with Crippen LogP contribution in [-0.2, 0) is 6.42 Å². The second kappa shape index (κ2) is 3.12. The molecule has 1 rings (SSSR count). The molecule has 0 fully saturated rings. The van der Waals surface area contributed by atoms with Crippen molar-refractivity contribution in [3.8, 4) is 0 Å². The van der Waals surface area contributed by atoms with Gasteiger partial charge in [-0.1, -0.05) is 49.5 Å². The van der Waals surface area contributed by atoms with Gasteiger partial charge in [-0.3, -0.25) is 0 Å². The van der Waals surface area contributed by atoms with Gasteiger partial charge in [-0.2, -0.15) is 0 Å². The van der Waals surface area contributed by atoms with E-state index in [1.165, 1.54) is 5.56 Å². The van der Waals surface area contributed by atoms with E-state index in [0.717, 1.165) is 6.42 Å². The molecule has 0 unspecified atom stereocenters. The molecule has 0 amide bonds. The Balaban J connectivity index is 2.66. The van der Waals surface area contributed by atoms with E-state index in [9.17, 15) is 0 Å². The molecule has 0 spiro atoms. The fourth-order valence-corrected chi connectivity index (χ4v) is 1.21. The lowest BCUT2D eigenvalue weighted by atomic mass is 9.69. The highest BCUT2D eigenvalue weighted by Crippen LogP contribution is 2.23. The summed E-state index contributed by atoms with van der Waals surface area (Å²) in [5.74, 6) is 0.